The second-order valence-electron chi connectivity index (χ2n) is 3.25. The van der Waals surface area contributed by atoms with Crippen molar-refractivity contribution in [2.75, 3.05) is 5.32 Å². The number of nitrogens with zero attached hydrogens (tertiary/aromatic N) is 1. The summed E-state index contributed by atoms with van der Waals surface area (Å²) in [7, 11) is 0. The lowest BCUT2D eigenvalue weighted by atomic mass is 10.3. The molecule has 0 saturated carbocycles. The third kappa shape index (κ3) is 3.83. The first-order valence-corrected chi connectivity index (χ1v) is 5.55. The fourth-order valence-electron chi connectivity index (χ4n) is 0.918. The molecule has 0 bridgehead atoms. The van der Waals surface area contributed by atoms with Crippen LogP contribution in [0.3, 0.4) is 0 Å². The van der Waals surface area contributed by atoms with Crippen LogP contribution in [0, 0.1) is 0 Å². The molecule has 0 unspecified atom stereocenters. The van der Waals surface area contributed by atoms with Gasteiger partial charge in [-0.3, -0.25) is 14.4 Å². The summed E-state index contributed by atoms with van der Waals surface area (Å²) in [6, 6.07) is -0.992. The number of anilines is 1. The van der Waals surface area contributed by atoms with E-state index in [-0.39, 0.29) is 11.6 Å². The summed E-state index contributed by atoms with van der Waals surface area (Å²) >= 11 is 1.09. The number of carboxylic acid groups (broad SMARTS) is 1. The summed E-state index contributed by atoms with van der Waals surface area (Å²) in [6.07, 6.45) is 0. The van der Waals surface area contributed by atoms with Crippen molar-refractivity contribution in [3.05, 3.63) is 11.1 Å². The van der Waals surface area contributed by atoms with Gasteiger partial charge < -0.3 is 15.7 Å². The number of carbonyl (C=O) groups excluding carboxylic acids is 2. The van der Waals surface area contributed by atoms with E-state index in [1.807, 2.05) is 0 Å². The summed E-state index contributed by atoms with van der Waals surface area (Å²) in [4.78, 5) is 36.6. The number of aromatic nitrogens is 1. The molecule has 0 aliphatic heterocycles. The second-order valence-corrected chi connectivity index (χ2v) is 4.11. The number of carboxylic acids is 1. The number of carbonyl (C=O) groups is 3. The summed E-state index contributed by atoms with van der Waals surface area (Å²) in [5.74, 6) is -2.01. The number of aliphatic carboxylic acids is 1. The zero-order valence-electron chi connectivity index (χ0n) is 9.18. The van der Waals surface area contributed by atoms with Crippen LogP contribution in [0.25, 0.3) is 0 Å². The number of thiazole rings is 1. The highest BCUT2D eigenvalue weighted by Gasteiger charge is 2.17. The molecule has 0 radical (unpaired) electrons. The molecular formula is C9H11N3O4S. The summed E-state index contributed by atoms with van der Waals surface area (Å²) in [5.41, 5.74) is 0.0758. The second kappa shape index (κ2) is 5.39. The fraction of sp³-hybridized carbons (Fsp3) is 0.333. The third-order valence-corrected chi connectivity index (χ3v) is 2.50. The van der Waals surface area contributed by atoms with Gasteiger partial charge >= 0.3 is 5.97 Å². The largest absolute Gasteiger partial charge is 0.480 e. The van der Waals surface area contributed by atoms with Gasteiger partial charge in [0.15, 0.2) is 5.13 Å². The molecule has 0 aliphatic carbocycles. The maximum absolute atomic E-state index is 11.5. The molecule has 8 heteroatoms. The SMILES string of the molecule is CC(=O)Nc1nc(C(=O)N[C@@H](C)C(=O)O)cs1. The third-order valence-electron chi connectivity index (χ3n) is 1.74. The van der Waals surface area contributed by atoms with Crippen molar-refractivity contribution >= 4 is 34.3 Å². The molecule has 17 heavy (non-hydrogen) atoms. The zero-order chi connectivity index (χ0) is 13.0. The van der Waals surface area contributed by atoms with Crippen LogP contribution in [0.15, 0.2) is 5.38 Å². The molecule has 1 aromatic heterocycles. The van der Waals surface area contributed by atoms with Crippen LogP contribution in [0.4, 0.5) is 5.13 Å². The Bertz CT molecular complexity index is 457. The van der Waals surface area contributed by atoms with Gasteiger partial charge in [-0.25, -0.2) is 4.98 Å². The van der Waals surface area contributed by atoms with Crippen LogP contribution in [0.1, 0.15) is 24.3 Å². The van der Waals surface area contributed by atoms with E-state index in [9.17, 15) is 14.4 Å². The van der Waals surface area contributed by atoms with Gasteiger partial charge in [-0.1, -0.05) is 0 Å². The molecule has 2 amide bonds. The average Bonchev–Trinajstić information content (AvgIpc) is 2.64. The highest BCUT2D eigenvalue weighted by Crippen LogP contribution is 2.15. The minimum Gasteiger partial charge on any atom is -0.480 e. The van der Waals surface area contributed by atoms with Gasteiger partial charge in [0.25, 0.3) is 5.91 Å². The lowest BCUT2D eigenvalue weighted by Gasteiger charge is -2.06. The first kappa shape index (κ1) is 13.1. The fourth-order valence-corrected chi connectivity index (χ4v) is 1.66. The maximum atomic E-state index is 11.5. The smallest absolute Gasteiger partial charge is 0.325 e. The lowest BCUT2D eigenvalue weighted by molar-refractivity contribution is -0.138. The first-order valence-electron chi connectivity index (χ1n) is 4.67. The standard InChI is InChI=1S/C9H11N3O4S/c1-4(8(15)16)10-7(14)6-3-17-9(12-6)11-5(2)13/h3-4H,1-2H3,(H,10,14)(H,15,16)(H,11,12,13)/t4-/m0/s1. The van der Waals surface area contributed by atoms with Crippen molar-refractivity contribution in [3.8, 4) is 0 Å². The van der Waals surface area contributed by atoms with E-state index in [4.69, 9.17) is 5.11 Å². The van der Waals surface area contributed by atoms with Gasteiger partial charge in [0.05, 0.1) is 0 Å². The Hall–Kier alpha value is -1.96. The summed E-state index contributed by atoms with van der Waals surface area (Å²) in [5, 5.41) is 15.0. The van der Waals surface area contributed by atoms with E-state index in [2.05, 4.69) is 15.6 Å². The molecule has 0 spiro atoms. The molecular weight excluding hydrogens is 246 g/mol. The number of amides is 2. The minimum atomic E-state index is -1.13. The van der Waals surface area contributed by atoms with E-state index in [0.717, 1.165) is 11.3 Å². The van der Waals surface area contributed by atoms with E-state index in [1.54, 1.807) is 0 Å². The van der Waals surface area contributed by atoms with Crippen molar-refractivity contribution in [3.63, 3.8) is 0 Å². The Labute approximate surface area is 101 Å². The predicted octanol–water partition coefficient (Wildman–Crippen LogP) is 0.304. The number of hydrogen-bond donors (Lipinski definition) is 3. The molecule has 0 saturated heterocycles. The molecule has 7 nitrogen and oxygen atoms in total. The molecule has 3 N–H and O–H groups in total. The average molecular weight is 257 g/mol. The van der Waals surface area contributed by atoms with Crippen LogP contribution >= 0.6 is 11.3 Å². The van der Waals surface area contributed by atoms with Crippen LogP contribution in [0.2, 0.25) is 0 Å². The van der Waals surface area contributed by atoms with Gasteiger partial charge in [0, 0.05) is 12.3 Å². The van der Waals surface area contributed by atoms with Gasteiger partial charge in [-0.15, -0.1) is 11.3 Å². The molecule has 1 rings (SSSR count). The Morgan fingerprint density at radius 2 is 2.12 bits per heavy atom. The summed E-state index contributed by atoms with van der Waals surface area (Å²) < 4.78 is 0. The first-order chi connectivity index (χ1) is 7.90. The predicted molar refractivity (Wildman–Crippen MR) is 61.0 cm³/mol. The van der Waals surface area contributed by atoms with Crippen molar-refractivity contribution in [1.29, 1.82) is 0 Å². The molecule has 0 aliphatic rings. The maximum Gasteiger partial charge on any atom is 0.325 e. The van der Waals surface area contributed by atoms with Crippen molar-refractivity contribution in [2.24, 2.45) is 0 Å². The van der Waals surface area contributed by atoms with E-state index in [1.165, 1.54) is 19.2 Å². The zero-order valence-corrected chi connectivity index (χ0v) is 10.00. The van der Waals surface area contributed by atoms with Crippen LogP contribution in [-0.4, -0.2) is 33.9 Å². The van der Waals surface area contributed by atoms with Crippen molar-refractivity contribution in [2.45, 2.75) is 19.9 Å². The monoisotopic (exact) mass is 257 g/mol. The van der Waals surface area contributed by atoms with E-state index < -0.39 is 17.9 Å². The number of hydrogen-bond acceptors (Lipinski definition) is 5. The number of nitrogens with one attached hydrogen (secondary N) is 2. The van der Waals surface area contributed by atoms with Crippen molar-refractivity contribution < 1.29 is 19.5 Å². The van der Waals surface area contributed by atoms with Crippen LogP contribution in [-0.2, 0) is 9.59 Å². The van der Waals surface area contributed by atoms with Gasteiger partial charge in [-0.2, -0.15) is 0 Å². The van der Waals surface area contributed by atoms with Crippen molar-refractivity contribution in [1.82, 2.24) is 10.3 Å². The Kier molecular flexibility index (Phi) is 4.16. The van der Waals surface area contributed by atoms with E-state index >= 15 is 0 Å². The Morgan fingerprint density at radius 3 is 2.65 bits per heavy atom. The van der Waals surface area contributed by atoms with Gasteiger partial charge in [-0.05, 0) is 6.92 Å². The minimum absolute atomic E-state index is 0.0758. The normalized spacial score (nSPS) is 11.6. The Morgan fingerprint density at radius 1 is 1.47 bits per heavy atom. The van der Waals surface area contributed by atoms with Gasteiger partial charge in [0.1, 0.15) is 11.7 Å². The highest BCUT2D eigenvalue weighted by atomic mass is 32.1. The molecule has 0 aromatic carbocycles. The molecule has 92 valence electrons. The molecule has 0 fully saturated rings. The van der Waals surface area contributed by atoms with Gasteiger partial charge in [0.2, 0.25) is 5.91 Å². The molecule has 1 heterocycles. The van der Waals surface area contributed by atoms with Crippen LogP contribution < -0.4 is 10.6 Å². The molecule has 1 atom stereocenters. The quantitative estimate of drug-likeness (QED) is 0.719. The summed E-state index contributed by atoms with van der Waals surface area (Å²) in [6.45, 7) is 2.68. The highest BCUT2D eigenvalue weighted by molar-refractivity contribution is 7.14. The number of rotatable bonds is 4. The van der Waals surface area contributed by atoms with Crippen LogP contribution in [0.5, 0.6) is 0 Å². The lowest BCUT2D eigenvalue weighted by Crippen LogP contribution is -2.38. The topological polar surface area (TPSA) is 108 Å². The molecule has 1 aromatic rings. The Balaban J connectivity index is 2.67. The van der Waals surface area contributed by atoms with E-state index in [0.29, 0.717) is 5.13 Å².